The zero-order chi connectivity index (χ0) is 14.0. The molecule has 0 heterocycles. The van der Waals surface area contributed by atoms with Gasteiger partial charge in [0.1, 0.15) is 5.82 Å². The second kappa shape index (κ2) is 5.88. The Morgan fingerprint density at radius 1 is 1.26 bits per heavy atom. The molecule has 0 aliphatic carbocycles. The zero-order valence-electron chi connectivity index (χ0n) is 10.0. The Kier molecular flexibility index (Phi) is 4.42. The van der Waals surface area contributed by atoms with Crippen molar-refractivity contribution < 1.29 is 9.18 Å². The number of benzene rings is 2. The Morgan fingerprint density at radius 2 is 1.95 bits per heavy atom. The summed E-state index contributed by atoms with van der Waals surface area (Å²) >= 11 is 7.97. The van der Waals surface area contributed by atoms with Crippen molar-refractivity contribution >= 4 is 45.8 Å². The van der Waals surface area contributed by atoms with Crippen LogP contribution in [0.1, 0.15) is 15.9 Å². The van der Waals surface area contributed by atoms with E-state index in [1.807, 2.05) is 19.1 Å². The van der Waals surface area contributed by atoms with Crippen LogP contribution in [0.5, 0.6) is 0 Å². The molecular formula is C14H10ClFINO. The molecular weight excluding hydrogens is 380 g/mol. The van der Waals surface area contributed by atoms with Gasteiger partial charge in [-0.15, -0.1) is 0 Å². The number of halogens is 3. The van der Waals surface area contributed by atoms with E-state index in [0.29, 0.717) is 5.69 Å². The van der Waals surface area contributed by atoms with Gasteiger partial charge in [0.25, 0.3) is 5.91 Å². The van der Waals surface area contributed by atoms with Crippen LogP contribution in [0.4, 0.5) is 10.1 Å². The van der Waals surface area contributed by atoms with Crippen molar-refractivity contribution in [2.24, 2.45) is 0 Å². The van der Waals surface area contributed by atoms with E-state index in [-0.39, 0.29) is 10.6 Å². The van der Waals surface area contributed by atoms with Crippen molar-refractivity contribution in [2.75, 3.05) is 5.32 Å². The predicted molar refractivity (Wildman–Crippen MR) is 83.3 cm³/mol. The first kappa shape index (κ1) is 14.3. The minimum Gasteiger partial charge on any atom is -0.322 e. The molecule has 5 heteroatoms. The lowest BCUT2D eigenvalue weighted by Crippen LogP contribution is -2.14. The maximum Gasteiger partial charge on any atom is 0.257 e. The van der Waals surface area contributed by atoms with Crippen molar-refractivity contribution in [1.29, 1.82) is 0 Å². The summed E-state index contributed by atoms with van der Waals surface area (Å²) in [5.74, 6) is -1.02. The summed E-state index contributed by atoms with van der Waals surface area (Å²) in [6.45, 7) is 1.91. The normalized spacial score (nSPS) is 10.3. The Labute approximate surface area is 129 Å². The molecule has 0 saturated heterocycles. The van der Waals surface area contributed by atoms with Crippen LogP contribution in [0, 0.1) is 16.3 Å². The van der Waals surface area contributed by atoms with Gasteiger partial charge < -0.3 is 5.32 Å². The first-order valence-electron chi connectivity index (χ1n) is 5.51. The van der Waals surface area contributed by atoms with Crippen LogP contribution in [-0.2, 0) is 0 Å². The van der Waals surface area contributed by atoms with Gasteiger partial charge in [-0.1, -0.05) is 23.7 Å². The monoisotopic (exact) mass is 389 g/mol. The topological polar surface area (TPSA) is 29.1 Å². The molecule has 1 N–H and O–H groups in total. The summed E-state index contributed by atoms with van der Waals surface area (Å²) in [5.41, 5.74) is 1.78. The van der Waals surface area contributed by atoms with Gasteiger partial charge in [0, 0.05) is 9.26 Å². The second-order valence-electron chi connectivity index (χ2n) is 3.97. The summed E-state index contributed by atoms with van der Waals surface area (Å²) in [4.78, 5) is 12.1. The number of carbonyl (C=O) groups is 1. The van der Waals surface area contributed by atoms with E-state index < -0.39 is 11.7 Å². The second-order valence-corrected chi connectivity index (χ2v) is 5.51. The van der Waals surface area contributed by atoms with Crippen LogP contribution in [-0.4, -0.2) is 5.91 Å². The van der Waals surface area contributed by atoms with E-state index in [4.69, 9.17) is 11.6 Å². The standard InChI is InChI=1S/C14H10ClFINO/c1-8-11(17)6-3-7-12(8)18-14(19)9-4-2-5-10(16)13(9)15/h2-7H,1H3,(H,18,19). The van der Waals surface area contributed by atoms with E-state index in [9.17, 15) is 9.18 Å². The van der Waals surface area contributed by atoms with Gasteiger partial charge in [0.2, 0.25) is 0 Å². The average Bonchev–Trinajstić information content (AvgIpc) is 2.38. The summed E-state index contributed by atoms with van der Waals surface area (Å²) in [5, 5.41) is 2.58. The van der Waals surface area contributed by atoms with Gasteiger partial charge in [-0.05, 0) is 59.3 Å². The highest BCUT2D eigenvalue weighted by molar-refractivity contribution is 14.1. The minimum absolute atomic E-state index is 0.125. The Bertz CT molecular complexity index is 645. The zero-order valence-corrected chi connectivity index (χ0v) is 12.9. The van der Waals surface area contributed by atoms with Crippen LogP contribution in [0.2, 0.25) is 5.02 Å². The molecule has 0 saturated carbocycles. The van der Waals surface area contributed by atoms with Gasteiger partial charge >= 0.3 is 0 Å². The predicted octanol–water partition coefficient (Wildman–Crippen LogP) is 4.64. The molecule has 0 bridgehead atoms. The molecule has 0 fully saturated rings. The molecule has 0 atom stereocenters. The van der Waals surface area contributed by atoms with Crippen molar-refractivity contribution in [3.05, 3.63) is 61.9 Å². The molecule has 98 valence electrons. The van der Waals surface area contributed by atoms with Gasteiger partial charge in [-0.25, -0.2) is 4.39 Å². The highest BCUT2D eigenvalue weighted by Crippen LogP contribution is 2.24. The third kappa shape index (κ3) is 3.06. The molecule has 0 spiro atoms. The van der Waals surface area contributed by atoms with Crippen LogP contribution in [0.25, 0.3) is 0 Å². The molecule has 0 aliphatic heterocycles. The molecule has 0 radical (unpaired) electrons. The molecule has 2 aromatic rings. The smallest absolute Gasteiger partial charge is 0.257 e. The lowest BCUT2D eigenvalue weighted by Gasteiger charge is -2.10. The number of anilines is 1. The maximum atomic E-state index is 13.3. The van der Waals surface area contributed by atoms with Gasteiger partial charge in [0.15, 0.2) is 0 Å². The van der Waals surface area contributed by atoms with E-state index in [0.717, 1.165) is 9.13 Å². The number of hydrogen-bond acceptors (Lipinski definition) is 1. The molecule has 19 heavy (non-hydrogen) atoms. The number of nitrogens with one attached hydrogen (secondary N) is 1. The summed E-state index contributed by atoms with van der Waals surface area (Å²) < 4.78 is 14.4. The highest BCUT2D eigenvalue weighted by atomic mass is 127. The number of amides is 1. The third-order valence-corrected chi connectivity index (χ3v) is 4.26. The first-order valence-corrected chi connectivity index (χ1v) is 6.97. The van der Waals surface area contributed by atoms with Crippen LogP contribution in [0.3, 0.4) is 0 Å². The molecule has 0 unspecified atom stereocenters. The van der Waals surface area contributed by atoms with Crippen molar-refractivity contribution in [2.45, 2.75) is 6.92 Å². The Morgan fingerprint density at radius 3 is 2.68 bits per heavy atom. The van der Waals surface area contributed by atoms with Crippen molar-refractivity contribution in [3.63, 3.8) is 0 Å². The largest absolute Gasteiger partial charge is 0.322 e. The van der Waals surface area contributed by atoms with Crippen LogP contribution in [0.15, 0.2) is 36.4 Å². The van der Waals surface area contributed by atoms with Crippen molar-refractivity contribution in [1.82, 2.24) is 0 Å². The van der Waals surface area contributed by atoms with Crippen LogP contribution >= 0.6 is 34.2 Å². The summed E-state index contributed by atoms with van der Waals surface area (Å²) in [7, 11) is 0. The summed E-state index contributed by atoms with van der Waals surface area (Å²) in [6, 6.07) is 9.75. The highest BCUT2D eigenvalue weighted by Gasteiger charge is 2.14. The lowest BCUT2D eigenvalue weighted by atomic mass is 10.1. The van der Waals surface area contributed by atoms with Gasteiger partial charge in [-0.2, -0.15) is 0 Å². The summed E-state index contributed by atoms with van der Waals surface area (Å²) in [6.07, 6.45) is 0. The molecule has 0 aromatic heterocycles. The Hall–Kier alpha value is -1.14. The maximum absolute atomic E-state index is 13.3. The molecule has 2 rings (SSSR count). The number of carbonyl (C=O) groups excluding carboxylic acids is 1. The van der Waals surface area contributed by atoms with Crippen molar-refractivity contribution in [3.8, 4) is 0 Å². The average molecular weight is 390 g/mol. The number of rotatable bonds is 2. The van der Waals surface area contributed by atoms with E-state index in [2.05, 4.69) is 27.9 Å². The van der Waals surface area contributed by atoms with Gasteiger partial charge in [0.05, 0.1) is 10.6 Å². The fourth-order valence-corrected chi connectivity index (χ4v) is 2.32. The first-order chi connectivity index (χ1) is 9.00. The fraction of sp³-hybridized carbons (Fsp3) is 0.0714. The van der Waals surface area contributed by atoms with Crippen LogP contribution < -0.4 is 5.32 Å². The SMILES string of the molecule is Cc1c(I)cccc1NC(=O)c1cccc(F)c1Cl. The van der Waals surface area contributed by atoms with E-state index in [1.54, 1.807) is 6.07 Å². The molecule has 2 aromatic carbocycles. The quantitative estimate of drug-likeness (QED) is 0.745. The molecule has 0 aliphatic rings. The number of hydrogen-bond donors (Lipinski definition) is 1. The van der Waals surface area contributed by atoms with E-state index >= 15 is 0 Å². The molecule has 1 amide bonds. The van der Waals surface area contributed by atoms with E-state index in [1.165, 1.54) is 18.2 Å². The molecule has 2 nitrogen and oxygen atoms in total. The minimum atomic E-state index is -0.603. The Balaban J connectivity index is 2.31. The third-order valence-electron chi connectivity index (χ3n) is 2.71. The fourth-order valence-electron chi connectivity index (χ4n) is 1.61. The lowest BCUT2D eigenvalue weighted by molar-refractivity contribution is 0.102. The van der Waals surface area contributed by atoms with Gasteiger partial charge in [-0.3, -0.25) is 4.79 Å².